The summed E-state index contributed by atoms with van der Waals surface area (Å²) in [6, 6.07) is 5.35. The lowest BCUT2D eigenvalue weighted by Gasteiger charge is -2.10. The van der Waals surface area contributed by atoms with Crippen molar-refractivity contribution in [2.45, 2.75) is 4.90 Å². The summed E-state index contributed by atoms with van der Waals surface area (Å²) in [6.07, 6.45) is 5.99. The van der Waals surface area contributed by atoms with E-state index < -0.39 is 0 Å². The predicted octanol–water partition coefficient (Wildman–Crippen LogP) is 3.24. The largest absolute Gasteiger partial charge is 0.404 e. The zero-order valence-corrected chi connectivity index (χ0v) is 12.5. The van der Waals surface area contributed by atoms with Crippen LogP contribution in [-0.2, 0) is 4.79 Å². The van der Waals surface area contributed by atoms with Gasteiger partial charge < -0.3 is 16.0 Å². The van der Waals surface area contributed by atoms with Crippen LogP contribution in [0.5, 0.6) is 0 Å². The van der Waals surface area contributed by atoms with Crippen LogP contribution in [0.4, 0.5) is 5.69 Å². The number of nitrogens with zero attached hydrogens (tertiary/aromatic N) is 1. The number of carbonyl (C=O) groups is 1. The number of hydrogen-bond donors (Lipinski definition) is 3. The van der Waals surface area contributed by atoms with Crippen molar-refractivity contribution in [3.63, 3.8) is 0 Å². The van der Waals surface area contributed by atoms with E-state index in [-0.39, 0.29) is 5.91 Å². The Morgan fingerprint density at radius 2 is 2.33 bits per heavy atom. The molecule has 2 aromatic rings. The SMILES string of the molecule is C=CC(=O)Nc1cccc(S/C(=C/N)c2ncc[nH]2)c1Cl. The number of hydrogen-bond acceptors (Lipinski definition) is 4. The van der Waals surface area contributed by atoms with E-state index in [1.807, 2.05) is 6.07 Å². The average Bonchev–Trinajstić information content (AvgIpc) is 3.02. The van der Waals surface area contributed by atoms with Gasteiger partial charge in [-0.25, -0.2) is 4.98 Å². The Hall–Kier alpha value is -2.18. The Morgan fingerprint density at radius 3 is 2.95 bits per heavy atom. The van der Waals surface area contributed by atoms with Crippen molar-refractivity contribution in [3.8, 4) is 0 Å². The third-order valence-electron chi connectivity index (χ3n) is 2.51. The fraction of sp³-hybridized carbons (Fsp3) is 0. The van der Waals surface area contributed by atoms with Gasteiger partial charge in [0, 0.05) is 23.5 Å². The molecule has 7 heteroatoms. The van der Waals surface area contributed by atoms with Crippen LogP contribution < -0.4 is 11.1 Å². The molecule has 0 aliphatic carbocycles. The summed E-state index contributed by atoms with van der Waals surface area (Å²) in [7, 11) is 0. The highest BCUT2D eigenvalue weighted by Gasteiger charge is 2.12. The number of H-pyrrole nitrogens is 1. The third-order valence-corrected chi connectivity index (χ3v) is 4.14. The predicted molar refractivity (Wildman–Crippen MR) is 86.9 cm³/mol. The van der Waals surface area contributed by atoms with Crippen molar-refractivity contribution in [1.82, 2.24) is 9.97 Å². The number of carbonyl (C=O) groups excluding carboxylic acids is 1. The summed E-state index contributed by atoms with van der Waals surface area (Å²) in [5.41, 5.74) is 6.15. The van der Waals surface area contributed by atoms with E-state index in [1.54, 1.807) is 24.5 Å². The van der Waals surface area contributed by atoms with E-state index in [9.17, 15) is 4.79 Å². The van der Waals surface area contributed by atoms with Crippen LogP contribution in [0.3, 0.4) is 0 Å². The maximum Gasteiger partial charge on any atom is 0.247 e. The maximum atomic E-state index is 11.4. The molecular weight excluding hydrogens is 308 g/mol. The van der Waals surface area contributed by atoms with Crippen molar-refractivity contribution in [1.29, 1.82) is 0 Å². The molecule has 0 radical (unpaired) electrons. The molecule has 1 amide bonds. The number of amides is 1. The number of imidazole rings is 1. The Bertz CT molecular complexity index is 682. The highest BCUT2D eigenvalue weighted by Crippen LogP contribution is 2.39. The monoisotopic (exact) mass is 320 g/mol. The summed E-state index contributed by atoms with van der Waals surface area (Å²) >= 11 is 7.66. The Labute approximate surface area is 131 Å². The lowest BCUT2D eigenvalue weighted by molar-refractivity contribution is -0.111. The zero-order chi connectivity index (χ0) is 15.2. The molecule has 0 fully saturated rings. The first-order valence-electron chi connectivity index (χ1n) is 5.97. The number of rotatable bonds is 5. The van der Waals surface area contributed by atoms with Gasteiger partial charge >= 0.3 is 0 Å². The van der Waals surface area contributed by atoms with Crippen LogP contribution in [0.25, 0.3) is 4.91 Å². The fourth-order valence-corrected chi connectivity index (χ4v) is 2.70. The minimum Gasteiger partial charge on any atom is -0.404 e. The van der Waals surface area contributed by atoms with Gasteiger partial charge in [-0.05, 0) is 18.2 Å². The van der Waals surface area contributed by atoms with Gasteiger partial charge in [-0.1, -0.05) is 36.0 Å². The van der Waals surface area contributed by atoms with Gasteiger partial charge in [-0.15, -0.1) is 0 Å². The minimum atomic E-state index is -0.320. The number of anilines is 1. The molecule has 2 rings (SSSR count). The van der Waals surface area contributed by atoms with Gasteiger partial charge in [0.25, 0.3) is 0 Å². The topological polar surface area (TPSA) is 83.8 Å². The molecular formula is C14H13ClN4OS. The van der Waals surface area contributed by atoms with E-state index in [0.29, 0.717) is 16.5 Å². The molecule has 0 saturated carbocycles. The molecule has 1 heterocycles. The second-order valence-electron chi connectivity index (χ2n) is 3.88. The van der Waals surface area contributed by atoms with E-state index in [1.165, 1.54) is 24.0 Å². The summed E-state index contributed by atoms with van der Waals surface area (Å²) in [5.74, 6) is 0.332. The van der Waals surface area contributed by atoms with Crippen LogP contribution in [0.2, 0.25) is 5.02 Å². The maximum absolute atomic E-state index is 11.4. The molecule has 0 spiro atoms. The second kappa shape index (κ2) is 7.01. The molecule has 1 aromatic heterocycles. The summed E-state index contributed by atoms with van der Waals surface area (Å²) in [5, 5.41) is 3.08. The van der Waals surface area contributed by atoms with Gasteiger partial charge in [-0.3, -0.25) is 4.79 Å². The number of nitrogens with one attached hydrogen (secondary N) is 2. The van der Waals surface area contributed by atoms with Crippen LogP contribution in [0, 0.1) is 0 Å². The molecule has 5 nitrogen and oxygen atoms in total. The van der Waals surface area contributed by atoms with Crippen LogP contribution in [0.15, 0.2) is 54.3 Å². The Balaban J connectivity index is 2.26. The zero-order valence-electron chi connectivity index (χ0n) is 11.0. The summed E-state index contributed by atoms with van der Waals surface area (Å²) in [6.45, 7) is 3.41. The molecule has 4 N–H and O–H groups in total. The highest BCUT2D eigenvalue weighted by molar-refractivity contribution is 8.08. The van der Waals surface area contributed by atoms with Crippen molar-refractivity contribution in [2.75, 3.05) is 5.32 Å². The lowest BCUT2D eigenvalue weighted by atomic mass is 10.3. The molecule has 0 aliphatic heterocycles. The van der Waals surface area contributed by atoms with Crippen molar-refractivity contribution < 1.29 is 4.79 Å². The van der Waals surface area contributed by atoms with Crippen molar-refractivity contribution in [3.05, 3.63) is 60.3 Å². The number of halogens is 1. The third kappa shape index (κ3) is 3.68. The first-order valence-corrected chi connectivity index (χ1v) is 7.16. The Kier molecular flexibility index (Phi) is 5.08. The number of aromatic amines is 1. The normalized spacial score (nSPS) is 11.2. The molecule has 0 bridgehead atoms. The fourth-order valence-electron chi connectivity index (χ4n) is 1.55. The molecule has 1 aromatic carbocycles. The van der Waals surface area contributed by atoms with E-state index >= 15 is 0 Å². The molecule has 0 atom stereocenters. The molecule has 108 valence electrons. The van der Waals surface area contributed by atoms with Gasteiger partial charge in [0.1, 0.15) is 5.82 Å². The van der Waals surface area contributed by atoms with Crippen LogP contribution in [-0.4, -0.2) is 15.9 Å². The van der Waals surface area contributed by atoms with Gasteiger partial charge in [0.05, 0.1) is 15.6 Å². The standard InChI is InChI=1S/C14H13ClN4OS/c1-2-12(20)19-9-4-3-5-10(13(9)15)21-11(8-16)14-17-6-7-18-14/h2-8H,1,16H2,(H,17,18)(H,19,20)/b11-8+. The lowest BCUT2D eigenvalue weighted by Crippen LogP contribution is -2.07. The minimum absolute atomic E-state index is 0.320. The smallest absolute Gasteiger partial charge is 0.247 e. The number of nitrogens with two attached hydrogens (primary N) is 1. The highest BCUT2D eigenvalue weighted by atomic mass is 35.5. The van der Waals surface area contributed by atoms with Gasteiger partial charge in [-0.2, -0.15) is 0 Å². The van der Waals surface area contributed by atoms with E-state index in [0.717, 1.165) is 9.80 Å². The van der Waals surface area contributed by atoms with Crippen LogP contribution >= 0.6 is 23.4 Å². The van der Waals surface area contributed by atoms with E-state index in [4.69, 9.17) is 17.3 Å². The van der Waals surface area contributed by atoms with Crippen molar-refractivity contribution >= 4 is 39.9 Å². The quantitative estimate of drug-likeness (QED) is 0.583. The average molecular weight is 321 g/mol. The van der Waals surface area contributed by atoms with E-state index in [2.05, 4.69) is 21.9 Å². The number of benzene rings is 1. The molecule has 0 unspecified atom stereocenters. The molecule has 0 saturated heterocycles. The van der Waals surface area contributed by atoms with Crippen LogP contribution in [0.1, 0.15) is 5.82 Å². The first-order chi connectivity index (χ1) is 10.2. The number of aromatic nitrogens is 2. The number of thioether (sulfide) groups is 1. The molecule has 21 heavy (non-hydrogen) atoms. The summed E-state index contributed by atoms with van der Waals surface area (Å²) < 4.78 is 0. The molecule has 0 aliphatic rings. The Morgan fingerprint density at radius 1 is 1.52 bits per heavy atom. The van der Waals surface area contributed by atoms with Gasteiger partial charge in [0.15, 0.2) is 0 Å². The summed E-state index contributed by atoms with van der Waals surface area (Å²) in [4.78, 5) is 20.0. The van der Waals surface area contributed by atoms with Crippen molar-refractivity contribution in [2.24, 2.45) is 5.73 Å². The first kappa shape index (κ1) is 15.2. The second-order valence-corrected chi connectivity index (χ2v) is 5.34. The van der Waals surface area contributed by atoms with Gasteiger partial charge in [0.2, 0.25) is 5.91 Å².